The van der Waals surface area contributed by atoms with Crippen LogP contribution in [0.15, 0.2) is 24.3 Å². The number of amides is 1. The summed E-state index contributed by atoms with van der Waals surface area (Å²) in [5.41, 5.74) is 1.60. The molecule has 0 spiro atoms. The van der Waals surface area contributed by atoms with E-state index < -0.39 is 6.09 Å². The highest BCUT2D eigenvalue weighted by Crippen LogP contribution is 2.18. The van der Waals surface area contributed by atoms with Crippen molar-refractivity contribution in [1.29, 1.82) is 0 Å². The van der Waals surface area contributed by atoms with Crippen molar-refractivity contribution in [2.75, 3.05) is 36.5 Å². The first-order valence-corrected chi connectivity index (χ1v) is 5.16. The van der Waals surface area contributed by atoms with Crippen LogP contribution in [0.4, 0.5) is 16.2 Å². The molecule has 5 heteroatoms. The molecule has 2 rings (SSSR count). The molecule has 0 aliphatic carbocycles. The van der Waals surface area contributed by atoms with Gasteiger partial charge in [-0.1, -0.05) is 0 Å². The lowest BCUT2D eigenvalue weighted by molar-refractivity contribution is -0.242. The number of ether oxygens (including phenoxy) is 1. The number of rotatable bonds is 2. The van der Waals surface area contributed by atoms with Gasteiger partial charge in [-0.2, -0.15) is 0 Å². The number of hydrogen-bond acceptors (Lipinski definition) is 4. The average molecular weight is 221 g/mol. The third-order valence-electron chi connectivity index (χ3n) is 2.49. The van der Waals surface area contributed by atoms with E-state index in [1.165, 1.54) is 0 Å². The van der Waals surface area contributed by atoms with Crippen molar-refractivity contribution in [1.82, 2.24) is 0 Å². The van der Waals surface area contributed by atoms with Crippen LogP contribution in [0.5, 0.6) is 0 Å². The molecule has 5 nitrogen and oxygen atoms in total. The lowest BCUT2D eigenvalue weighted by atomic mass is 10.2. The van der Waals surface area contributed by atoms with Gasteiger partial charge in [0, 0.05) is 24.5 Å². The van der Waals surface area contributed by atoms with Crippen molar-refractivity contribution in [2.45, 2.75) is 0 Å². The zero-order valence-corrected chi connectivity index (χ0v) is 8.81. The smallest absolute Gasteiger partial charge is 0.138 e. The Morgan fingerprint density at radius 2 is 1.88 bits per heavy atom. The lowest BCUT2D eigenvalue weighted by Gasteiger charge is -2.28. The predicted octanol–water partition coefficient (Wildman–Crippen LogP) is 0.278. The predicted molar refractivity (Wildman–Crippen MR) is 58.5 cm³/mol. The molecule has 0 saturated carbocycles. The van der Waals surface area contributed by atoms with Crippen LogP contribution in [0.3, 0.4) is 0 Å². The van der Waals surface area contributed by atoms with Gasteiger partial charge in [-0.15, -0.1) is 0 Å². The van der Waals surface area contributed by atoms with Crippen molar-refractivity contribution < 1.29 is 14.6 Å². The molecule has 1 aromatic rings. The highest BCUT2D eigenvalue weighted by molar-refractivity contribution is 5.81. The van der Waals surface area contributed by atoms with Crippen LogP contribution in [0.25, 0.3) is 0 Å². The fourth-order valence-electron chi connectivity index (χ4n) is 1.69. The Bertz CT molecular complexity index is 358. The molecule has 86 valence electrons. The summed E-state index contributed by atoms with van der Waals surface area (Å²) in [6, 6.07) is 7.22. The molecule has 1 heterocycles. The van der Waals surface area contributed by atoms with Gasteiger partial charge in [-0.05, 0) is 24.3 Å². The summed E-state index contributed by atoms with van der Waals surface area (Å²) < 4.78 is 5.26. The Balaban J connectivity index is 2.03. The van der Waals surface area contributed by atoms with E-state index in [2.05, 4.69) is 10.2 Å². The normalized spacial score (nSPS) is 15.9. The molecule has 1 aromatic carbocycles. The molecular weight excluding hydrogens is 208 g/mol. The van der Waals surface area contributed by atoms with E-state index in [9.17, 15) is 9.90 Å². The number of benzene rings is 1. The van der Waals surface area contributed by atoms with E-state index in [0.29, 0.717) is 5.69 Å². The van der Waals surface area contributed by atoms with Crippen LogP contribution in [0.2, 0.25) is 0 Å². The summed E-state index contributed by atoms with van der Waals surface area (Å²) in [6.45, 7) is 3.21. The molecular formula is C11H13N2O3-. The van der Waals surface area contributed by atoms with Crippen molar-refractivity contribution in [2.24, 2.45) is 0 Å². The molecule has 1 saturated heterocycles. The zero-order valence-electron chi connectivity index (χ0n) is 8.81. The Morgan fingerprint density at radius 1 is 1.25 bits per heavy atom. The van der Waals surface area contributed by atoms with Gasteiger partial charge < -0.3 is 24.9 Å². The van der Waals surface area contributed by atoms with Crippen LogP contribution < -0.4 is 15.3 Å². The van der Waals surface area contributed by atoms with Crippen LogP contribution in [0, 0.1) is 0 Å². The van der Waals surface area contributed by atoms with Gasteiger partial charge in [-0.25, -0.2) is 0 Å². The summed E-state index contributed by atoms with van der Waals surface area (Å²) in [6.07, 6.45) is -1.29. The first-order valence-electron chi connectivity index (χ1n) is 5.16. The van der Waals surface area contributed by atoms with E-state index in [4.69, 9.17) is 4.74 Å². The molecule has 1 N–H and O–H groups in total. The fraction of sp³-hybridized carbons (Fsp3) is 0.364. The molecule has 0 aromatic heterocycles. The SMILES string of the molecule is O=C([O-])Nc1ccc(N2CCOCC2)cc1. The molecule has 16 heavy (non-hydrogen) atoms. The lowest BCUT2D eigenvalue weighted by Crippen LogP contribution is -2.36. The number of morpholine rings is 1. The second kappa shape index (κ2) is 4.85. The molecule has 0 radical (unpaired) electrons. The molecule has 0 unspecified atom stereocenters. The zero-order chi connectivity index (χ0) is 11.4. The van der Waals surface area contributed by atoms with Crippen molar-refractivity contribution in [3.05, 3.63) is 24.3 Å². The fourth-order valence-corrected chi connectivity index (χ4v) is 1.69. The monoisotopic (exact) mass is 221 g/mol. The quantitative estimate of drug-likeness (QED) is 0.779. The first-order chi connectivity index (χ1) is 7.75. The maximum absolute atomic E-state index is 10.3. The molecule has 0 atom stereocenters. The van der Waals surface area contributed by atoms with Crippen LogP contribution in [0.1, 0.15) is 0 Å². The van der Waals surface area contributed by atoms with Gasteiger partial charge in [0.05, 0.1) is 13.2 Å². The molecule has 1 aliphatic rings. The third kappa shape index (κ3) is 2.64. The topological polar surface area (TPSA) is 64.6 Å². The number of anilines is 2. The number of carboxylic acid groups (broad SMARTS) is 1. The average Bonchev–Trinajstić information content (AvgIpc) is 2.30. The molecule has 1 fully saturated rings. The highest BCUT2D eigenvalue weighted by Gasteiger charge is 2.10. The van der Waals surface area contributed by atoms with E-state index >= 15 is 0 Å². The van der Waals surface area contributed by atoms with Gasteiger partial charge in [0.25, 0.3) is 0 Å². The largest absolute Gasteiger partial charge is 0.530 e. The van der Waals surface area contributed by atoms with Gasteiger partial charge in [0.2, 0.25) is 0 Å². The van der Waals surface area contributed by atoms with Gasteiger partial charge >= 0.3 is 0 Å². The Morgan fingerprint density at radius 3 is 2.44 bits per heavy atom. The highest BCUT2D eigenvalue weighted by atomic mass is 16.5. The van der Waals surface area contributed by atoms with Crippen LogP contribution in [-0.2, 0) is 4.74 Å². The van der Waals surface area contributed by atoms with E-state index in [-0.39, 0.29) is 0 Å². The minimum Gasteiger partial charge on any atom is -0.530 e. The second-order valence-corrected chi connectivity index (χ2v) is 3.56. The van der Waals surface area contributed by atoms with Crippen LogP contribution in [-0.4, -0.2) is 32.4 Å². The number of hydrogen-bond donors (Lipinski definition) is 1. The number of carbonyl (C=O) groups excluding carboxylic acids is 1. The minimum absolute atomic E-state index is 0.525. The first kappa shape index (κ1) is 10.8. The van der Waals surface area contributed by atoms with Crippen molar-refractivity contribution in [3.8, 4) is 0 Å². The Hall–Kier alpha value is -1.75. The molecule has 1 aliphatic heterocycles. The number of nitrogens with zero attached hydrogens (tertiary/aromatic N) is 1. The van der Waals surface area contributed by atoms with E-state index in [1.807, 2.05) is 12.1 Å². The molecule has 0 bridgehead atoms. The summed E-state index contributed by atoms with van der Waals surface area (Å²) in [5, 5.41) is 12.5. The van der Waals surface area contributed by atoms with E-state index in [0.717, 1.165) is 32.0 Å². The van der Waals surface area contributed by atoms with Crippen molar-refractivity contribution >= 4 is 17.5 Å². The number of carbonyl (C=O) groups is 1. The summed E-state index contributed by atoms with van der Waals surface area (Å²) in [7, 11) is 0. The second-order valence-electron chi connectivity index (χ2n) is 3.56. The van der Waals surface area contributed by atoms with Crippen molar-refractivity contribution in [3.63, 3.8) is 0 Å². The summed E-state index contributed by atoms with van der Waals surface area (Å²) in [4.78, 5) is 12.5. The third-order valence-corrected chi connectivity index (χ3v) is 2.49. The van der Waals surface area contributed by atoms with E-state index in [1.54, 1.807) is 12.1 Å². The Kier molecular flexibility index (Phi) is 3.26. The molecule has 1 amide bonds. The summed E-state index contributed by atoms with van der Waals surface area (Å²) >= 11 is 0. The van der Waals surface area contributed by atoms with Crippen LogP contribution >= 0.6 is 0 Å². The Labute approximate surface area is 93.6 Å². The van der Waals surface area contributed by atoms with Gasteiger partial charge in [0.15, 0.2) is 0 Å². The maximum atomic E-state index is 10.3. The number of nitrogens with one attached hydrogen (secondary N) is 1. The standard InChI is InChI=1S/C11H14N2O3/c14-11(15)12-9-1-3-10(4-2-9)13-5-7-16-8-6-13/h1-4,12H,5-8H2,(H,14,15)/p-1. The van der Waals surface area contributed by atoms with Gasteiger partial charge in [0.1, 0.15) is 6.09 Å². The van der Waals surface area contributed by atoms with Gasteiger partial charge in [-0.3, -0.25) is 0 Å². The summed E-state index contributed by atoms with van der Waals surface area (Å²) in [5.74, 6) is 0. The minimum atomic E-state index is -1.29. The maximum Gasteiger partial charge on any atom is 0.138 e.